The summed E-state index contributed by atoms with van der Waals surface area (Å²) in [6.45, 7) is 7.79. The van der Waals surface area contributed by atoms with E-state index in [4.69, 9.17) is 21.1 Å². The third kappa shape index (κ3) is 5.95. The lowest BCUT2D eigenvalue weighted by Crippen LogP contribution is -2.50. The Morgan fingerprint density at radius 3 is 2.45 bits per heavy atom. The number of nitrogens with one attached hydrogen (secondary N) is 2. The Morgan fingerprint density at radius 2 is 1.85 bits per heavy atom. The number of carbonyl (C=O) groups is 2. The van der Waals surface area contributed by atoms with Gasteiger partial charge in [0.1, 0.15) is 10.8 Å². The highest BCUT2D eigenvalue weighted by Crippen LogP contribution is 2.37. The first-order valence-electron chi connectivity index (χ1n) is 10.5. The van der Waals surface area contributed by atoms with Crippen LogP contribution in [0.2, 0.25) is 5.15 Å². The summed E-state index contributed by atoms with van der Waals surface area (Å²) < 4.78 is 11.2. The molecule has 1 saturated heterocycles. The highest BCUT2D eigenvalue weighted by molar-refractivity contribution is 6.29. The lowest BCUT2D eigenvalue weighted by atomic mass is 10.2. The van der Waals surface area contributed by atoms with Crippen LogP contribution >= 0.6 is 11.6 Å². The summed E-state index contributed by atoms with van der Waals surface area (Å²) in [5.74, 6) is 0.631. The van der Waals surface area contributed by atoms with Gasteiger partial charge in [0.05, 0.1) is 24.0 Å². The van der Waals surface area contributed by atoms with Crippen molar-refractivity contribution in [3.8, 4) is 5.75 Å². The minimum absolute atomic E-state index is 0.235. The van der Waals surface area contributed by atoms with E-state index in [1.807, 2.05) is 26.8 Å². The summed E-state index contributed by atoms with van der Waals surface area (Å²) in [4.78, 5) is 36.8. The van der Waals surface area contributed by atoms with Crippen molar-refractivity contribution in [2.24, 2.45) is 0 Å². The van der Waals surface area contributed by atoms with Crippen LogP contribution in [0.4, 0.5) is 22.0 Å². The van der Waals surface area contributed by atoms with Crippen molar-refractivity contribution in [3.05, 3.63) is 35.2 Å². The fourth-order valence-corrected chi connectivity index (χ4v) is 3.57. The first-order chi connectivity index (χ1) is 15.6. The van der Waals surface area contributed by atoms with E-state index in [1.165, 1.54) is 13.2 Å². The molecule has 2 aromatic rings. The van der Waals surface area contributed by atoms with E-state index < -0.39 is 5.60 Å². The number of carbonyl (C=O) groups excluding carboxylic acids is 2. The number of nitrogens with zero attached hydrogens (tertiary/aromatic N) is 4. The lowest BCUT2D eigenvalue weighted by Gasteiger charge is -2.37. The summed E-state index contributed by atoms with van der Waals surface area (Å²) in [6, 6.07) is 3.41. The molecule has 2 N–H and O–H groups in total. The number of anilines is 3. The monoisotopic (exact) mass is 476 g/mol. The van der Waals surface area contributed by atoms with Crippen molar-refractivity contribution in [2.45, 2.75) is 26.4 Å². The predicted octanol–water partition coefficient (Wildman–Crippen LogP) is 3.30. The summed E-state index contributed by atoms with van der Waals surface area (Å²) in [5.41, 5.74) is 1.06. The van der Waals surface area contributed by atoms with Crippen LogP contribution in [0.1, 0.15) is 31.1 Å². The third-order valence-corrected chi connectivity index (χ3v) is 5.16. The molecule has 0 bridgehead atoms. The van der Waals surface area contributed by atoms with Crippen LogP contribution in [0.25, 0.3) is 0 Å². The van der Waals surface area contributed by atoms with Crippen molar-refractivity contribution >= 4 is 40.8 Å². The maximum atomic E-state index is 12.4. The van der Waals surface area contributed by atoms with Gasteiger partial charge in [-0.25, -0.2) is 14.8 Å². The molecular formula is C22H29ClN6O4. The van der Waals surface area contributed by atoms with Crippen LogP contribution in [-0.4, -0.2) is 72.8 Å². The number of hydrogen-bond acceptors (Lipinski definition) is 8. The maximum absolute atomic E-state index is 12.4. The van der Waals surface area contributed by atoms with Gasteiger partial charge in [0.15, 0.2) is 11.6 Å². The molecule has 11 heteroatoms. The zero-order chi connectivity index (χ0) is 24.2. The van der Waals surface area contributed by atoms with Gasteiger partial charge in [-0.15, -0.1) is 0 Å². The second kappa shape index (κ2) is 10.1. The lowest BCUT2D eigenvalue weighted by molar-refractivity contribution is 0.0240. The van der Waals surface area contributed by atoms with Crippen LogP contribution in [0.3, 0.4) is 0 Å². The number of rotatable bonds is 5. The Morgan fingerprint density at radius 1 is 1.15 bits per heavy atom. The first kappa shape index (κ1) is 24.4. The number of aromatic nitrogens is 2. The molecule has 0 saturated carbocycles. The quantitative estimate of drug-likeness (QED) is 0.633. The summed E-state index contributed by atoms with van der Waals surface area (Å²) in [7, 11) is 3.10. The molecule has 0 unspecified atom stereocenters. The summed E-state index contributed by atoms with van der Waals surface area (Å²) in [5, 5.41) is 5.96. The second-order valence-electron chi connectivity index (χ2n) is 8.42. The largest absolute Gasteiger partial charge is 0.491 e. The molecule has 1 fully saturated rings. The van der Waals surface area contributed by atoms with Gasteiger partial charge in [0.2, 0.25) is 0 Å². The zero-order valence-corrected chi connectivity index (χ0v) is 20.2. The molecule has 178 valence electrons. The van der Waals surface area contributed by atoms with Gasteiger partial charge in [-0.1, -0.05) is 11.6 Å². The molecule has 0 spiro atoms. The fraction of sp³-hybridized carbons (Fsp3) is 0.455. The van der Waals surface area contributed by atoms with Crippen LogP contribution < -0.4 is 20.3 Å². The smallest absolute Gasteiger partial charge is 0.410 e. The number of methoxy groups -OCH3 is 1. The van der Waals surface area contributed by atoms with E-state index in [1.54, 1.807) is 24.3 Å². The highest BCUT2D eigenvalue weighted by atomic mass is 35.5. The minimum atomic E-state index is -0.535. The van der Waals surface area contributed by atoms with Gasteiger partial charge in [0.25, 0.3) is 5.91 Å². The molecule has 2 aromatic heterocycles. The minimum Gasteiger partial charge on any atom is -0.491 e. The van der Waals surface area contributed by atoms with E-state index in [0.717, 1.165) is 5.69 Å². The molecule has 10 nitrogen and oxygen atoms in total. The zero-order valence-electron chi connectivity index (χ0n) is 19.4. The van der Waals surface area contributed by atoms with Gasteiger partial charge >= 0.3 is 6.09 Å². The molecule has 0 aromatic carbocycles. The van der Waals surface area contributed by atoms with Crippen molar-refractivity contribution in [1.82, 2.24) is 20.2 Å². The van der Waals surface area contributed by atoms with Crippen molar-refractivity contribution < 1.29 is 19.1 Å². The normalized spacial score (nSPS) is 14.0. The van der Waals surface area contributed by atoms with Gasteiger partial charge in [-0.2, -0.15) is 0 Å². The molecule has 3 heterocycles. The Labute approximate surface area is 198 Å². The van der Waals surface area contributed by atoms with E-state index >= 15 is 0 Å². The van der Waals surface area contributed by atoms with E-state index in [0.29, 0.717) is 49.0 Å². The van der Waals surface area contributed by atoms with Gasteiger partial charge in [-0.05, 0) is 32.9 Å². The van der Waals surface area contributed by atoms with Gasteiger partial charge < -0.3 is 29.9 Å². The SMILES string of the molecule is CNC(=O)c1cnc(Cl)cc1Nc1nccc(N2CCN(C(=O)OC(C)(C)C)CC2)c1OC. The Kier molecular flexibility index (Phi) is 7.47. The predicted molar refractivity (Wildman–Crippen MR) is 127 cm³/mol. The van der Waals surface area contributed by atoms with Crippen LogP contribution in [-0.2, 0) is 4.74 Å². The average Bonchev–Trinajstić information content (AvgIpc) is 2.77. The fourth-order valence-electron chi connectivity index (χ4n) is 3.41. The molecule has 1 aliphatic rings. The molecule has 1 aliphatic heterocycles. The molecule has 0 radical (unpaired) electrons. The number of hydrogen-bond donors (Lipinski definition) is 2. The Bertz CT molecular complexity index is 1020. The maximum Gasteiger partial charge on any atom is 0.410 e. The first-order valence-corrected chi connectivity index (χ1v) is 10.9. The average molecular weight is 477 g/mol. The van der Waals surface area contributed by atoms with Crippen molar-refractivity contribution in [2.75, 3.05) is 50.6 Å². The van der Waals surface area contributed by atoms with Crippen LogP contribution in [0.5, 0.6) is 5.75 Å². The van der Waals surface area contributed by atoms with Crippen molar-refractivity contribution in [3.63, 3.8) is 0 Å². The number of piperazine rings is 1. The molecule has 0 atom stereocenters. The van der Waals surface area contributed by atoms with E-state index in [2.05, 4.69) is 25.5 Å². The summed E-state index contributed by atoms with van der Waals surface area (Å²) in [6.07, 6.45) is 2.74. The molecule has 0 aliphatic carbocycles. The van der Waals surface area contributed by atoms with Gasteiger partial charge in [0, 0.05) is 45.6 Å². The third-order valence-electron chi connectivity index (χ3n) is 4.96. The number of pyridine rings is 2. The molecule has 2 amide bonds. The second-order valence-corrected chi connectivity index (χ2v) is 8.81. The molecular weight excluding hydrogens is 448 g/mol. The van der Waals surface area contributed by atoms with Crippen LogP contribution in [0, 0.1) is 0 Å². The standard InChI is InChI=1S/C22H29ClN6O4/c1-22(2,3)33-21(31)29-10-8-28(9-11-29)16-6-7-25-19(18(16)32-5)27-15-12-17(23)26-13-14(15)20(30)24-4/h6-7,12-13H,8-11H2,1-5H3,(H,24,30)(H,25,26,27). The Balaban J connectivity index is 1.81. The van der Waals surface area contributed by atoms with Crippen molar-refractivity contribution in [1.29, 1.82) is 0 Å². The number of halogens is 1. The number of amides is 2. The van der Waals surface area contributed by atoms with E-state index in [-0.39, 0.29) is 17.2 Å². The molecule has 3 rings (SSSR count). The number of ether oxygens (including phenoxy) is 2. The topological polar surface area (TPSA) is 109 Å². The van der Waals surface area contributed by atoms with E-state index in [9.17, 15) is 9.59 Å². The Hall–Kier alpha value is -3.27. The van der Waals surface area contributed by atoms with Gasteiger partial charge in [-0.3, -0.25) is 4.79 Å². The van der Waals surface area contributed by atoms with Crippen LogP contribution in [0.15, 0.2) is 24.5 Å². The highest BCUT2D eigenvalue weighted by Gasteiger charge is 2.28. The summed E-state index contributed by atoms with van der Waals surface area (Å²) >= 11 is 6.05. The molecule has 33 heavy (non-hydrogen) atoms.